The number of carbonyl (C=O) groups excluding carboxylic acids is 1. The molecule has 2 aliphatic rings. The number of para-hydroxylation sites is 2. The molecule has 0 radical (unpaired) electrons. The minimum atomic E-state index is -0.200. The number of carbonyl (C=O) groups is 1. The number of aliphatic hydroxyl groups excluding tert-OH is 1. The van der Waals surface area contributed by atoms with Crippen molar-refractivity contribution >= 4 is 28.6 Å². The van der Waals surface area contributed by atoms with Gasteiger partial charge in [0.1, 0.15) is 23.3 Å². The van der Waals surface area contributed by atoms with Crippen molar-refractivity contribution in [2.24, 2.45) is 7.05 Å². The molecule has 1 aromatic carbocycles. The maximum absolute atomic E-state index is 12.3. The summed E-state index contributed by atoms with van der Waals surface area (Å²) in [5, 5.41) is 9.61. The number of hydrogen-bond acceptors (Lipinski definition) is 6. The van der Waals surface area contributed by atoms with Gasteiger partial charge in [0, 0.05) is 32.6 Å². The lowest BCUT2D eigenvalue weighted by Crippen LogP contribution is -2.46. The van der Waals surface area contributed by atoms with Crippen molar-refractivity contribution in [3.8, 4) is 0 Å². The van der Waals surface area contributed by atoms with Crippen LogP contribution in [0.5, 0.6) is 0 Å². The molecule has 0 unspecified atom stereocenters. The molecule has 4 heterocycles. The molecule has 5 rings (SSSR count). The Kier molecular flexibility index (Phi) is 4.24. The summed E-state index contributed by atoms with van der Waals surface area (Å²) < 4.78 is 2.17. The van der Waals surface area contributed by atoms with Crippen LogP contribution in [0.15, 0.2) is 30.3 Å². The SMILES string of the molecule is Cc1nc(N2CC(c3nc4ccccc4n3C)C2)cc(N2C(=O)CC[C@@H]2CO)n1. The van der Waals surface area contributed by atoms with E-state index in [2.05, 4.69) is 32.5 Å². The third kappa shape index (κ3) is 2.95. The minimum Gasteiger partial charge on any atom is -0.394 e. The van der Waals surface area contributed by atoms with Crippen LogP contribution in [0.2, 0.25) is 0 Å². The number of anilines is 2. The smallest absolute Gasteiger partial charge is 0.228 e. The van der Waals surface area contributed by atoms with Crippen LogP contribution in [-0.2, 0) is 11.8 Å². The first kappa shape index (κ1) is 18.1. The van der Waals surface area contributed by atoms with E-state index in [4.69, 9.17) is 4.98 Å². The Hall–Kier alpha value is -3.00. The highest BCUT2D eigenvalue weighted by Crippen LogP contribution is 2.34. The molecule has 2 aliphatic heterocycles. The molecule has 1 N–H and O–H groups in total. The molecule has 8 nitrogen and oxygen atoms in total. The highest BCUT2D eigenvalue weighted by atomic mass is 16.3. The number of nitrogens with zero attached hydrogens (tertiary/aromatic N) is 6. The van der Waals surface area contributed by atoms with Crippen LogP contribution < -0.4 is 9.80 Å². The quantitative estimate of drug-likeness (QED) is 0.728. The molecule has 2 fully saturated rings. The molecular weight excluding hydrogens is 368 g/mol. The summed E-state index contributed by atoms with van der Waals surface area (Å²) in [4.78, 5) is 30.0. The Balaban J connectivity index is 1.38. The standard InChI is InChI=1S/C21H24N6O2/c1-13-22-18(9-19(23-13)27-15(12-28)7-8-20(27)29)26-10-14(11-26)21-24-16-5-3-4-6-17(16)25(21)2/h3-6,9,14-15,28H,7-8,10-12H2,1-2H3/t15-/m1/s1. The summed E-state index contributed by atoms with van der Waals surface area (Å²) in [6.07, 6.45) is 1.11. The molecule has 3 aromatic rings. The number of amides is 1. The van der Waals surface area contributed by atoms with Crippen LogP contribution in [0.3, 0.4) is 0 Å². The third-order valence-corrected chi connectivity index (χ3v) is 5.99. The molecule has 0 saturated carbocycles. The van der Waals surface area contributed by atoms with Gasteiger partial charge in [-0.1, -0.05) is 12.1 Å². The lowest BCUT2D eigenvalue weighted by Gasteiger charge is -2.40. The molecule has 2 saturated heterocycles. The molecule has 1 amide bonds. The number of benzene rings is 1. The van der Waals surface area contributed by atoms with Gasteiger partial charge >= 0.3 is 0 Å². The largest absolute Gasteiger partial charge is 0.394 e. The van der Waals surface area contributed by atoms with Gasteiger partial charge in [-0.05, 0) is 25.5 Å². The van der Waals surface area contributed by atoms with Gasteiger partial charge in [0.05, 0.1) is 29.6 Å². The van der Waals surface area contributed by atoms with E-state index in [1.165, 1.54) is 0 Å². The second kappa shape index (κ2) is 6.81. The van der Waals surface area contributed by atoms with Gasteiger partial charge in [0.2, 0.25) is 5.91 Å². The third-order valence-electron chi connectivity index (χ3n) is 5.99. The first-order valence-corrected chi connectivity index (χ1v) is 10.00. The van der Waals surface area contributed by atoms with E-state index in [-0.39, 0.29) is 18.6 Å². The lowest BCUT2D eigenvalue weighted by molar-refractivity contribution is -0.117. The molecule has 2 aromatic heterocycles. The number of hydrogen-bond donors (Lipinski definition) is 1. The maximum Gasteiger partial charge on any atom is 0.228 e. The number of imidazole rings is 1. The lowest BCUT2D eigenvalue weighted by atomic mass is 9.99. The Morgan fingerprint density at radius 3 is 2.66 bits per heavy atom. The summed E-state index contributed by atoms with van der Waals surface area (Å²) in [6.45, 7) is 3.43. The Bertz CT molecular complexity index is 1090. The fourth-order valence-electron chi connectivity index (χ4n) is 4.41. The fourth-order valence-corrected chi connectivity index (χ4v) is 4.41. The molecule has 0 spiro atoms. The molecule has 0 bridgehead atoms. The van der Waals surface area contributed by atoms with E-state index in [9.17, 15) is 9.90 Å². The van der Waals surface area contributed by atoms with Crippen molar-refractivity contribution in [2.75, 3.05) is 29.5 Å². The summed E-state index contributed by atoms with van der Waals surface area (Å²) in [7, 11) is 2.06. The molecule has 0 aliphatic carbocycles. The topological polar surface area (TPSA) is 87.4 Å². The summed E-state index contributed by atoms with van der Waals surface area (Å²) >= 11 is 0. The first-order chi connectivity index (χ1) is 14.0. The highest BCUT2D eigenvalue weighted by molar-refractivity contribution is 5.95. The van der Waals surface area contributed by atoms with Gasteiger partial charge in [-0.3, -0.25) is 9.69 Å². The van der Waals surface area contributed by atoms with Crippen LogP contribution in [0.4, 0.5) is 11.6 Å². The van der Waals surface area contributed by atoms with E-state index in [0.29, 0.717) is 30.4 Å². The zero-order chi connectivity index (χ0) is 20.1. The Labute approximate surface area is 168 Å². The Morgan fingerprint density at radius 1 is 1.14 bits per heavy atom. The van der Waals surface area contributed by atoms with Gasteiger partial charge in [-0.15, -0.1) is 0 Å². The van der Waals surface area contributed by atoms with Crippen molar-refractivity contribution in [3.05, 3.63) is 42.0 Å². The molecule has 29 heavy (non-hydrogen) atoms. The predicted octanol–water partition coefficient (Wildman–Crippen LogP) is 1.76. The minimum absolute atomic E-state index is 0.00860. The number of aliphatic hydroxyl groups is 1. The van der Waals surface area contributed by atoms with E-state index >= 15 is 0 Å². The van der Waals surface area contributed by atoms with Crippen molar-refractivity contribution in [1.29, 1.82) is 0 Å². The van der Waals surface area contributed by atoms with Crippen molar-refractivity contribution < 1.29 is 9.90 Å². The van der Waals surface area contributed by atoms with Crippen LogP contribution in [0.25, 0.3) is 11.0 Å². The molecular formula is C21H24N6O2. The van der Waals surface area contributed by atoms with Crippen LogP contribution >= 0.6 is 0 Å². The van der Waals surface area contributed by atoms with E-state index in [0.717, 1.165) is 35.8 Å². The normalized spacial score (nSPS) is 20.0. The van der Waals surface area contributed by atoms with E-state index < -0.39 is 0 Å². The second-order valence-electron chi connectivity index (χ2n) is 7.89. The van der Waals surface area contributed by atoms with E-state index in [1.54, 1.807) is 4.90 Å². The van der Waals surface area contributed by atoms with Gasteiger partial charge in [0.25, 0.3) is 0 Å². The number of rotatable bonds is 4. The number of fused-ring (bicyclic) bond motifs is 1. The van der Waals surface area contributed by atoms with Crippen molar-refractivity contribution in [3.63, 3.8) is 0 Å². The number of aryl methyl sites for hydroxylation is 2. The van der Waals surface area contributed by atoms with Gasteiger partial charge in [-0.2, -0.15) is 0 Å². The molecule has 8 heteroatoms. The Morgan fingerprint density at radius 2 is 1.90 bits per heavy atom. The van der Waals surface area contributed by atoms with Gasteiger partial charge < -0.3 is 14.6 Å². The van der Waals surface area contributed by atoms with Crippen LogP contribution in [0, 0.1) is 6.92 Å². The van der Waals surface area contributed by atoms with Crippen LogP contribution in [0.1, 0.15) is 30.4 Å². The van der Waals surface area contributed by atoms with Crippen LogP contribution in [-0.4, -0.2) is 56.3 Å². The predicted molar refractivity (Wildman–Crippen MR) is 110 cm³/mol. The summed E-state index contributed by atoms with van der Waals surface area (Å²) in [5.74, 6) is 3.46. The zero-order valence-electron chi connectivity index (χ0n) is 16.6. The second-order valence-corrected chi connectivity index (χ2v) is 7.89. The molecule has 1 atom stereocenters. The summed E-state index contributed by atoms with van der Waals surface area (Å²) in [6, 6.07) is 9.84. The maximum atomic E-state index is 12.3. The van der Waals surface area contributed by atoms with Crippen molar-refractivity contribution in [2.45, 2.75) is 31.7 Å². The zero-order valence-corrected chi connectivity index (χ0v) is 16.6. The van der Waals surface area contributed by atoms with Gasteiger partial charge in [-0.25, -0.2) is 15.0 Å². The average molecular weight is 392 g/mol. The first-order valence-electron chi connectivity index (χ1n) is 10.00. The number of aromatic nitrogens is 4. The monoisotopic (exact) mass is 392 g/mol. The fraction of sp³-hybridized carbons (Fsp3) is 0.429. The molecule has 150 valence electrons. The summed E-state index contributed by atoms with van der Waals surface area (Å²) in [5.41, 5.74) is 2.16. The van der Waals surface area contributed by atoms with Gasteiger partial charge in [0.15, 0.2) is 0 Å². The van der Waals surface area contributed by atoms with Crippen molar-refractivity contribution in [1.82, 2.24) is 19.5 Å². The highest BCUT2D eigenvalue weighted by Gasteiger charge is 2.36. The van der Waals surface area contributed by atoms with E-state index in [1.807, 2.05) is 31.2 Å². The average Bonchev–Trinajstić information content (AvgIpc) is 3.21.